The molecule has 0 saturated carbocycles. The van der Waals surface area contributed by atoms with Crippen molar-refractivity contribution in [3.05, 3.63) is 51.7 Å². The molecule has 1 aliphatic heterocycles. The second-order valence-corrected chi connectivity index (χ2v) is 4.78. The zero-order valence-corrected chi connectivity index (χ0v) is 11.2. The fourth-order valence-corrected chi connectivity index (χ4v) is 1.93. The molecule has 0 spiro atoms. The number of nitro benzene ring substituents is 1. The highest BCUT2D eigenvalue weighted by Crippen LogP contribution is 2.12. The van der Waals surface area contributed by atoms with Gasteiger partial charge in [-0.15, -0.1) is 0 Å². The van der Waals surface area contributed by atoms with E-state index in [1.54, 1.807) is 0 Å². The Morgan fingerprint density at radius 2 is 2.25 bits per heavy atom. The first-order chi connectivity index (χ1) is 9.56. The second kappa shape index (κ2) is 6.16. The zero-order chi connectivity index (χ0) is 14.5. The Bertz CT molecular complexity index is 556. The molecule has 1 aromatic rings. The number of carbonyl (C=O) groups is 1. The molecule has 20 heavy (non-hydrogen) atoms. The minimum Gasteiger partial charge on any atom is -0.334 e. The Hall–Kier alpha value is -2.41. The fraction of sp³-hybridized carbons (Fsp3) is 0.308. The number of nitrogens with zero attached hydrogens (tertiary/aromatic N) is 1. The van der Waals surface area contributed by atoms with Gasteiger partial charge in [0.25, 0.3) is 11.6 Å². The number of carbonyl (C=O) groups excluding carboxylic acids is 1. The normalized spacial score (nSPS) is 18.1. The highest BCUT2D eigenvalue weighted by molar-refractivity contribution is 5.94. The molecule has 3 N–H and O–H groups in total. The number of hydrazine groups is 1. The quantitative estimate of drug-likeness (QED) is 0.517. The van der Waals surface area contributed by atoms with Crippen LogP contribution in [-0.4, -0.2) is 31.0 Å². The maximum absolute atomic E-state index is 11.9. The third kappa shape index (κ3) is 3.55. The lowest BCUT2D eigenvalue weighted by Crippen LogP contribution is -3.09. The van der Waals surface area contributed by atoms with Crippen LogP contribution in [-0.2, 0) is 0 Å². The van der Waals surface area contributed by atoms with E-state index in [2.05, 4.69) is 17.9 Å². The van der Waals surface area contributed by atoms with Crippen molar-refractivity contribution >= 4 is 11.6 Å². The first kappa shape index (κ1) is 14.0. The van der Waals surface area contributed by atoms with Gasteiger partial charge in [-0.2, -0.15) is 0 Å². The lowest BCUT2D eigenvalue weighted by molar-refractivity contribution is -0.875. The van der Waals surface area contributed by atoms with Crippen LogP contribution in [0.1, 0.15) is 16.8 Å². The molecule has 1 aromatic carbocycles. The molecule has 2 rings (SSSR count). The van der Waals surface area contributed by atoms with Crippen molar-refractivity contribution in [3.63, 3.8) is 0 Å². The van der Waals surface area contributed by atoms with Crippen LogP contribution >= 0.6 is 0 Å². The van der Waals surface area contributed by atoms with Gasteiger partial charge in [-0.1, -0.05) is 6.07 Å². The van der Waals surface area contributed by atoms with Gasteiger partial charge < -0.3 is 10.3 Å². The van der Waals surface area contributed by atoms with Gasteiger partial charge >= 0.3 is 0 Å². The number of likely N-dealkylation sites (N-methyl/N-ethyl adjacent to an activating group) is 1. The van der Waals surface area contributed by atoms with E-state index in [4.69, 9.17) is 0 Å². The van der Waals surface area contributed by atoms with Crippen LogP contribution in [0.5, 0.6) is 0 Å². The van der Waals surface area contributed by atoms with Gasteiger partial charge in [0, 0.05) is 29.8 Å². The third-order valence-electron chi connectivity index (χ3n) is 3.17. The maximum atomic E-state index is 11.9. The highest BCUT2D eigenvalue weighted by atomic mass is 16.6. The van der Waals surface area contributed by atoms with E-state index in [1.165, 1.54) is 29.2 Å². The average molecular weight is 277 g/mol. The molecular weight excluding hydrogens is 260 g/mol. The predicted octanol–water partition coefficient (Wildman–Crippen LogP) is -0.368. The molecule has 106 valence electrons. The van der Waals surface area contributed by atoms with Crippen molar-refractivity contribution in [2.24, 2.45) is 0 Å². The molecule has 0 aliphatic carbocycles. The number of benzene rings is 1. The molecule has 7 nitrogen and oxygen atoms in total. The van der Waals surface area contributed by atoms with Crippen molar-refractivity contribution in [2.75, 3.05) is 20.1 Å². The smallest absolute Gasteiger partial charge is 0.270 e. The lowest BCUT2D eigenvalue weighted by atomic mass is 10.2. The van der Waals surface area contributed by atoms with Crippen LogP contribution in [0.4, 0.5) is 5.69 Å². The van der Waals surface area contributed by atoms with Crippen LogP contribution in [0.15, 0.2) is 36.0 Å². The van der Waals surface area contributed by atoms with Crippen LogP contribution in [0.3, 0.4) is 0 Å². The molecular formula is C13H17N4O3+. The molecule has 1 unspecified atom stereocenters. The summed E-state index contributed by atoms with van der Waals surface area (Å²) in [5.41, 5.74) is 6.55. The molecule has 1 aliphatic rings. The van der Waals surface area contributed by atoms with Gasteiger partial charge in [0.1, 0.15) is 0 Å². The van der Waals surface area contributed by atoms with E-state index >= 15 is 0 Å². The number of nitrogens with one attached hydrogen (secondary N) is 3. The molecule has 1 atom stereocenters. The monoisotopic (exact) mass is 277 g/mol. The van der Waals surface area contributed by atoms with E-state index in [0.29, 0.717) is 0 Å². The van der Waals surface area contributed by atoms with Crippen molar-refractivity contribution in [3.8, 4) is 0 Å². The van der Waals surface area contributed by atoms with Crippen LogP contribution in [0.2, 0.25) is 0 Å². The topological polar surface area (TPSA) is 88.7 Å². The predicted molar refractivity (Wildman–Crippen MR) is 73.0 cm³/mol. The van der Waals surface area contributed by atoms with Crippen LogP contribution in [0.25, 0.3) is 0 Å². The number of quaternary nitrogens is 1. The number of non-ortho nitro benzene ring substituents is 1. The summed E-state index contributed by atoms with van der Waals surface area (Å²) in [6.07, 6.45) is 2.90. The summed E-state index contributed by atoms with van der Waals surface area (Å²) in [6, 6.07) is 5.64. The van der Waals surface area contributed by atoms with E-state index in [1.807, 2.05) is 6.08 Å². The minimum absolute atomic E-state index is 0.0974. The van der Waals surface area contributed by atoms with E-state index in [0.717, 1.165) is 25.2 Å². The second-order valence-electron chi connectivity index (χ2n) is 4.78. The van der Waals surface area contributed by atoms with Gasteiger partial charge in [-0.3, -0.25) is 20.3 Å². The molecule has 0 saturated heterocycles. The van der Waals surface area contributed by atoms with Crippen molar-refractivity contribution in [2.45, 2.75) is 6.42 Å². The first-order valence-electron chi connectivity index (χ1n) is 6.37. The number of hydrogen-bond donors (Lipinski definition) is 3. The van der Waals surface area contributed by atoms with Gasteiger partial charge in [0.05, 0.1) is 25.1 Å². The summed E-state index contributed by atoms with van der Waals surface area (Å²) in [4.78, 5) is 23.5. The van der Waals surface area contributed by atoms with Crippen molar-refractivity contribution in [1.82, 2.24) is 10.9 Å². The zero-order valence-electron chi connectivity index (χ0n) is 11.2. The maximum Gasteiger partial charge on any atom is 0.270 e. The van der Waals surface area contributed by atoms with Crippen molar-refractivity contribution < 1.29 is 14.6 Å². The number of nitro groups is 1. The largest absolute Gasteiger partial charge is 0.334 e. The molecule has 0 bridgehead atoms. The summed E-state index contributed by atoms with van der Waals surface area (Å²) in [5.74, 6) is -0.388. The number of rotatable bonds is 4. The lowest BCUT2D eigenvalue weighted by Gasteiger charge is -2.20. The van der Waals surface area contributed by atoms with Gasteiger partial charge in [-0.25, -0.2) is 0 Å². The fourth-order valence-electron chi connectivity index (χ4n) is 1.93. The summed E-state index contributed by atoms with van der Waals surface area (Å²) < 4.78 is 0. The average Bonchev–Trinajstić information content (AvgIpc) is 2.46. The molecule has 7 heteroatoms. The van der Waals surface area contributed by atoms with Gasteiger partial charge in [0.2, 0.25) is 0 Å². The molecule has 0 aromatic heterocycles. The van der Waals surface area contributed by atoms with Crippen molar-refractivity contribution in [1.29, 1.82) is 0 Å². The van der Waals surface area contributed by atoms with Gasteiger partial charge in [0.15, 0.2) is 0 Å². The number of amides is 1. The molecule has 0 radical (unpaired) electrons. The molecule has 1 amide bonds. The summed E-state index contributed by atoms with van der Waals surface area (Å²) >= 11 is 0. The standard InChI is InChI=1S/C13H16N4O3/c1-16-7-5-11(6-8-16)14-15-13(18)10-3-2-4-12(9-10)17(19)20/h2-5,9,14H,6-8H2,1H3,(H,15,18)/p+1. The Kier molecular flexibility index (Phi) is 4.31. The SMILES string of the molecule is C[NH+]1CC=C(NNC(=O)c2cccc([N+](=O)[O-])c2)CC1. The Morgan fingerprint density at radius 1 is 1.45 bits per heavy atom. The summed E-state index contributed by atoms with van der Waals surface area (Å²) in [6.45, 7) is 1.92. The molecule has 1 heterocycles. The number of hydrogen-bond acceptors (Lipinski definition) is 4. The Labute approximate surface area is 116 Å². The third-order valence-corrected chi connectivity index (χ3v) is 3.17. The minimum atomic E-state index is -0.521. The summed E-state index contributed by atoms with van der Waals surface area (Å²) in [7, 11) is 2.11. The highest BCUT2D eigenvalue weighted by Gasteiger charge is 2.13. The Balaban J connectivity index is 1.95. The Morgan fingerprint density at radius 3 is 2.90 bits per heavy atom. The van der Waals surface area contributed by atoms with Crippen LogP contribution in [0, 0.1) is 10.1 Å². The van der Waals surface area contributed by atoms with Gasteiger partial charge in [-0.05, 0) is 12.1 Å². The summed E-state index contributed by atoms with van der Waals surface area (Å²) in [5, 5.41) is 10.7. The first-order valence-corrected chi connectivity index (χ1v) is 6.37. The molecule has 0 fully saturated rings. The van der Waals surface area contributed by atoms with E-state index < -0.39 is 4.92 Å². The van der Waals surface area contributed by atoms with Crippen LogP contribution < -0.4 is 15.8 Å². The van der Waals surface area contributed by atoms with E-state index in [9.17, 15) is 14.9 Å². The van der Waals surface area contributed by atoms with E-state index in [-0.39, 0.29) is 17.2 Å².